The number of nitriles is 1. The molecule has 4 aromatic rings. The van der Waals surface area contributed by atoms with Gasteiger partial charge in [-0.25, -0.2) is 0 Å². The molecule has 0 aromatic heterocycles. The molecule has 0 radical (unpaired) electrons. The zero-order valence-corrected chi connectivity index (χ0v) is 20.4. The summed E-state index contributed by atoms with van der Waals surface area (Å²) in [7, 11) is 0. The van der Waals surface area contributed by atoms with E-state index in [2.05, 4.69) is 6.07 Å². The van der Waals surface area contributed by atoms with Crippen molar-refractivity contribution in [2.45, 2.75) is 19.0 Å². The molecule has 0 N–H and O–H groups in total. The van der Waals surface area contributed by atoms with E-state index in [1.807, 2.05) is 65.7 Å². The average Bonchev–Trinajstić information content (AvgIpc) is 2.93. The van der Waals surface area contributed by atoms with E-state index in [1.54, 1.807) is 30.3 Å². The van der Waals surface area contributed by atoms with Crippen LogP contribution in [0.3, 0.4) is 0 Å². The first kappa shape index (κ1) is 24.0. The molecule has 3 nitrogen and oxygen atoms in total. The van der Waals surface area contributed by atoms with Gasteiger partial charge >= 0.3 is 6.18 Å². The SMILES string of the molecule is N#Cc1cccc(N2C=CC=C(C3Cc4c(ccc5c4ccc4ccccc45)C(=O)C3CC(F)(F)F)C2)c1. The molecule has 6 heteroatoms. The number of fused-ring (bicyclic) bond motifs is 5. The van der Waals surface area contributed by atoms with Crippen LogP contribution >= 0.6 is 0 Å². The van der Waals surface area contributed by atoms with Gasteiger partial charge in [-0.05, 0) is 69.3 Å². The van der Waals surface area contributed by atoms with Crippen LogP contribution in [0.2, 0.25) is 0 Å². The van der Waals surface area contributed by atoms with Crippen molar-refractivity contribution in [1.82, 2.24) is 0 Å². The van der Waals surface area contributed by atoms with E-state index in [0.29, 0.717) is 24.1 Å². The van der Waals surface area contributed by atoms with Gasteiger partial charge in [0.25, 0.3) is 0 Å². The third-order valence-corrected chi connectivity index (χ3v) is 7.71. The quantitative estimate of drug-likeness (QED) is 0.266. The minimum Gasteiger partial charge on any atom is -0.344 e. The Morgan fingerprint density at radius 1 is 0.947 bits per heavy atom. The predicted molar refractivity (Wildman–Crippen MR) is 143 cm³/mol. The Morgan fingerprint density at radius 2 is 1.76 bits per heavy atom. The first-order valence-corrected chi connectivity index (χ1v) is 12.5. The Balaban J connectivity index is 1.44. The molecule has 0 saturated heterocycles. The third kappa shape index (κ3) is 4.24. The van der Waals surface area contributed by atoms with Crippen LogP contribution < -0.4 is 4.90 Å². The molecule has 0 spiro atoms. The Morgan fingerprint density at radius 3 is 2.58 bits per heavy atom. The number of halogens is 3. The summed E-state index contributed by atoms with van der Waals surface area (Å²) in [5.74, 6) is -2.23. The van der Waals surface area contributed by atoms with Crippen molar-refractivity contribution in [3.63, 3.8) is 0 Å². The van der Waals surface area contributed by atoms with Crippen molar-refractivity contribution < 1.29 is 18.0 Å². The zero-order chi connectivity index (χ0) is 26.4. The summed E-state index contributed by atoms with van der Waals surface area (Å²) < 4.78 is 41.3. The fourth-order valence-corrected chi connectivity index (χ4v) is 5.96. The number of rotatable bonds is 3. The van der Waals surface area contributed by atoms with Gasteiger partial charge in [0.15, 0.2) is 5.78 Å². The highest BCUT2D eigenvalue weighted by atomic mass is 19.4. The number of alkyl halides is 3. The van der Waals surface area contributed by atoms with Crippen molar-refractivity contribution >= 4 is 33.0 Å². The van der Waals surface area contributed by atoms with E-state index in [1.165, 1.54) is 0 Å². The summed E-state index contributed by atoms with van der Waals surface area (Å²) in [6.45, 7) is 0.348. The lowest BCUT2D eigenvalue weighted by Crippen LogP contribution is -2.38. The van der Waals surface area contributed by atoms with Gasteiger partial charge in [-0.15, -0.1) is 0 Å². The minimum absolute atomic E-state index is 0.348. The van der Waals surface area contributed by atoms with Crippen LogP contribution in [0, 0.1) is 23.2 Å². The van der Waals surface area contributed by atoms with E-state index in [4.69, 9.17) is 0 Å². The molecule has 4 aromatic carbocycles. The Kier molecular flexibility index (Phi) is 5.80. The Bertz CT molecular complexity index is 1690. The average molecular weight is 509 g/mol. The minimum atomic E-state index is -4.46. The number of allylic oxidation sites excluding steroid dienone is 2. The van der Waals surface area contributed by atoms with Crippen molar-refractivity contribution in [1.29, 1.82) is 5.26 Å². The van der Waals surface area contributed by atoms with Crippen LogP contribution in [0.5, 0.6) is 0 Å². The van der Waals surface area contributed by atoms with Crippen LogP contribution in [0.15, 0.2) is 96.7 Å². The van der Waals surface area contributed by atoms with E-state index in [9.17, 15) is 23.2 Å². The number of carbonyl (C=O) groups excluding carboxylic acids is 1. The summed E-state index contributed by atoms with van der Waals surface area (Å²) in [5, 5.41) is 13.3. The van der Waals surface area contributed by atoms with Gasteiger partial charge in [-0.1, -0.05) is 60.7 Å². The van der Waals surface area contributed by atoms with Crippen LogP contribution in [0.1, 0.15) is 27.9 Å². The molecule has 0 amide bonds. The highest BCUT2D eigenvalue weighted by Crippen LogP contribution is 2.44. The summed E-state index contributed by atoms with van der Waals surface area (Å²) in [6.07, 6.45) is 0.227. The van der Waals surface area contributed by atoms with Crippen LogP contribution in [0.25, 0.3) is 21.5 Å². The van der Waals surface area contributed by atoms with Crippen LogP contribution in [0.4, 0.5) is 18.9 Å². The maximum Gasteiger partial charge on any atom is 0.389 e. The Hall–Kier alpha value is -4.37. The highest BCUT2D eigenvalue weighted by molar-refractivity contribution is 6.12. The van der Waals surface area contributed by atoms with Gasteiger partial charge in [0.1, 0.15) is 0 Å². The number of anilines is 1. The fraction of sp³-hybridized carbons (Fsp3) is 0.188. The summed E-state index contributed by atoms with van der Waals surface area (Å²) in [4.78, 5) is 15.6. The second kappa shape index (κ2) is 9.18. The van der Waals surface area contributed by atoms with Gasteiger partial charge in [0.05, 0.1) is 18.1 Å². The van der Waals surface area contributed by atoms with Crippen molar-refractivity contribution in [3.05, 3.63) is 113 Å². The molecule has 188 valence electrons. The monoisotopic (exact) mass is 508 g/mol. The number of nitrogens with zero attached hydrogens (tertiary/aromatic N) is 2. The molecule has 2 atom stereocenters. The number of carbonyl (C=O) groups is 1. The molecule has 1 heterocycles. The number of hydrogen-bond acceptors (Lipinski definition) is 3. The molecule has 2 unspecified atom stereocenters. The fourth-order valence-electron chi connectivity index (χ4n) is 5.96. The molecule has 38 heavy (non-hydrogen) atoms. The van der Waals surface area contributed by atoms with E-state index >= 15 is 0 Å². The highest BCUT2D eigenvalue weighted by Gasteiger charge is 2.44. The third-order valence-electron chi connectivity index (χ3n) is 7.71. The molecule has 1 aliphatic carbocycles. The van der Waals surface area contributed by atoms with Gasteiger partial charge in [0, 0.05) is 29.9 Å². The van der Waals surface area contributed by atoms with Crippen molar-refractivity contribution in [2.75, 3.05) is 11.4 Å². The summed E-state index contributed by atoms with van der Waals surface area (Å²) >= 11 is 0. The predicted octanol–water partition coefficient (Wildman–Crippen LogP) is 7.75. The molecule has 0 fully saturated rings. The van der Waals surface area contributed by atoms with Crippen LogP contribution in [-0.2, 0) is 6.42 Å². The first-order valence-electron chi connectivity index (χ1n) is 12.5. The topological polar surface area (TPSA) is 44.1 Å². The standard InChI is InChI=1S/C32H23F3N2O/c33-32(34,35)17-30-28(22-7-4-14-37(19-22)23-8-3-5-20(15-23)18-36)16-29-26-11-10-21-6-1-2-9-24(21)25(26)12-13-27(29)31(30)38/h1-15,28,30H,16-17,19H2. The van der Waals surface area contributed by atoms with E-state index in [-0.39, 0.29) is 0 Å². The second-order valence-corrected chi connectivity index (χ2v) is 9.95. The lowest BCUT2D eigenvalue weighted by Gasteiger charge is -2.37. The molecule has 2 aliphatic rings. The molecule has 0 bridgehead atoms. The van der Waals surface area contributed by atoms with Gasteiger partial charge in [0.2, 0.25) is 0 Å². The van der Waals surface area contributed by atoms with E-state index < -0.39 is 30.2 Å². The van der Waals surface area contributed by atoms with Gasteiger partial charge in [-0.2, -0.15) is 18.4 Å². The van der Waals surface area contributed by atoms with Crippen molar-refractivity contribution in [2.24, 2.45) is 11.8 Å². The van der Waals surface area contributed by atoms with Gasteiger partial charge < -0.3 is 4.90 Å². The molecular weight excluding hydrogens is 485 g/mol. The molecule has 0 saturated carbocycles. The van der Waals surface area contributed by atoms with Gasteiger partial charge in [-0.3, -0.25) is 4.79 Å². The summed E-state index contributed by atoms with van der Waals surface area (Å²) in [6, 6.07) is 24.8. The smallest absolute Gasteiger partial charge is 0.344 e. The number of benzene rings is 4. The Labute approximate surface area is 218 Å². The lowest BCUT2D eigenvalue weighted by atomic mass is 9.69. The molecule has 6 rings (SSSR count). The lowest BCUT2D eigenvalue weighted by molar-refractivity contribution is -0.144. The first-order chi connectivity index (χ1) is 18.3. The van der Waals surface area contributed by atoms with Crippen LogP contribution in [-0.4, -0.2) is 18.5 Å². The largest absolute Gasteiger partial charge is 0.389 e. The normalized spacial score (nSPS) is 19.4. The summed E-state index contributed by atoms with van der Waals surface area (Å²) in [5.41, 5.74) is 3.26. The number of ketones is 1. The maximum absolute atomic E-state index is 13.8. The number of hydrogen-bond donors (Lipinski definition) is 0. The zero-order valence-electron chi connectivity index (χ0n) is 20.4. The maximum atomic E-state index is 13.8. The molecular formula is C32H23F3N2O. The second-order valence-electron chi connectivity index (χ2n) is 9.95. The number of Topliss-reactive ketones (excluding diaryl/α,β-unsaturated/α-hetero) is 1. The van der Waals surface area contributed by atoms with Crippen molar-refractivity contribution in [3.8, 4) is 6.07 Å². The molecule has 1 aliphatic heterocycles. The van der Waals surface area contributed by atoms with E-state index in [0.717, 1.165) is 38.4 Å².